The number of anilines is 1. The second-order valence-electron chi connectivity index (χ2n) is 8.52. The first-order valence-electron chi connectivity index (χ1n) is 11.4. The minimum Gasteiger partial charge on any atom is -0.379 e. The summed E-state index contributed by atoms with van der Waals surface area (Å²) >= 11 is 1.67. The number of fused-ring (bicyclic) bond motifs is 3. The van der Waals surface area contributed by atoms with Crippen LogP contribution in [0.25, 0.3) is 0 Å². The summed E-state index contributed by atoms with van der Waals surface area (Å²) in [5.41, 5.74) is 0.959. The third kappa shape index (κ3) is 4.70. The van der Waals surface area contributed by atoms with Gasteiger partial charge < -0.3 is 15.0 Å². The minimum atomic E-state index is -3.82. The molecular weight excluding hydrogens is 460 g/mol. The molecule has 5 rings (SSSR count). The molecule has 2 saturated heterocycles. The average Bonchev–Trinajstić information content (AvgIpc) is 3.25. The third-order valence-electron chi connectivity index (χ3n) is 6.42. The van der Waals surface area contributed by atoms with Gasteiger partial charge in [0.2, 0.25) is 0 Å². The molecule has 10 heteroatoms. The number of carbonyl (C=O) groups is 1. The molecule has 1 unspecified atom stereocenters. The van der Waals surface area contributed by atoms with Gasteiger partial charge in [0.25, 0.3) is 15.9 Å². The fourth-order valence-corrected chi connectivity index (χ4v) is 6.84. The van der Waals surface area contributed by atoms with Gasteiger partial charge in [0.15, 0.2) is 0 Å². The molecule has 1 N–H and O–H groups in total. The molecule has 1 aromatic carbocycles. The zero-order chi connectivity index (χ0) is 22.8. The highest BCUT2D eigenvalue weighted by Crippen LogP contribution is 2.35. The summed E-state index contributed by atoms with van der Waals surface area (Å²) in [6, 6.07) is 9.09. The van der Waals surface area contributed by atoms with Crippen LogP contribution in [0, 0.1) is 0 Å². The molecule has 0 saturated carbocycles. The summed E-state index contributed by atoms with van der Waals surface area (Å²) in [5, 5.41) is 5.06. The van der Waals surface area contributed by atoms with Crippen molar-refractivity contribution in [3.05, 3.63) is 46.2 Å². The molecule has 1 amide bonds. The Morgan fingerprint density at radius 3 is 2.79 bits per heavy atom. The van der Waals surface area contributed by atoms with Gasteiger partial charge >= 0.3 is 0 Å². The maximum atomic E-state index is 13.0. The second kappa shape index (κ2) is 9.54. The highest BCUT2D eigenvalue weighted by atomic mass is 32.2. The van der Waals surface area contributed by atoms with Crippen molar-refractivity contribution in [3.8, 4) is 0 Å². The molecular formula is C23H28N4O4S2. The Balaban J connectivity index is 1.36. The normalized spacial score (nSPS) is 21.3. The van der Waals surface area contributed by atoms with Crippen molar-refractivity contribution in [2.45, 2.75) is 36.6 Å². The lowest BCUT2D eigenvalue weighted by atomic mass is 10.1. The van der Waals surface area contributed by atoms with E-state index >= 15 is 0 Å². The fraction of sp³-hybridized carbons (Fsp3) is 0.478. The summed E-state index contributed by atoms with van der Waals surface area (Å²) in [7, 11) is -3.82. The molecule has 2 fully saturated rings. The van der Waals surface area contributed by atoms with Crippen LogP contribution in [0.3, 0.4) is 0 Å². The summed E-state index contributed by atoms with van der Waals surface area (Å²) in [4.78, 5) is 18.7. The second-order valence-corrected chi connectivity index (χ2v) is 11.1. The Hall–Kier alpha value is -2.27. The van der Waals surface area contributed by atoms with E-state index in [0.29, 0.717) is 43.3 Å². The highest BCUT2D eigenvalue weighted by Gasteiger charge is 2.32. The van der Waals surface area contributed by atoms with E-state index in [9.17, 15) is 13.2 Å². The first kappa shape index (κ1) is 22.5. The van der Waals surface area contributed by atoms with Gasteiger partial charge in [0.1, 0.15) is 10.7 Å². The van der Waals surface area contributed by atoms with Gasteiger partial charge in [-0.15, -0.1) is 15.7 Å². The Morgan fingerprint density at radius 2 is 2.00 bits per heavy atom. The van der Waals surface area contributed by atoms with Crippen LogP contribution >= 0.6 is 11.3 Å². The van der Waals surface area contributed by atoms with Crippen molar-refractivity contribution >= 4 is 38.8 Å². The molecule has 3 aliphatic heterocycles. The molecule has 1 aromatic heterocycles. The largest absolute Gasteiger partial charge is 0.379 e. The molecule has 33 heavy (non-hydrogen) atoms. The molecule has 1 atom stereocenters. The van der Waals surface area contributed by atoms with E-state index < -0.39 is 10.0 Å². The number of ether oxygens (including phenoxy) is 1. The Labute approximate surface area is 198 Å². The van der Waals surface area contributed by atoms with Gasteiger partial charge in [-0.05, 0) is 42.5 Å². The molecule has 0 bridgehead atoms. The van der Waals surface area contributed by atoms with Crippen molar-refractivity contribution in [1.29, 1.82) is 0 Å². The maximum absolute atomic E-state index is 13.0. The van der Waals surface area contributed by atoms with Crippen molar-refractivity contribution in [3.63, 3.8) is 0 Å². The van der Waals surface area contributed by atoms with Gasteiger partial charge in [-0.2, -0.15) is 8.42 Å². The van der Waals surface area contributed by atoms with Gasteiger partial charge in [0, 0.05) is 43.0 Å². The van der Waals surface area contributed by atoms with Crippen LogP contribution in [-0.2, 0) is 14.8 Å². The summed E-state index contributed by atoms with van der Waals surface area (Å²) < 4.78 is 35.3. The number of carbonyl (C=O) groups excluding carboxylic acids is 1. The first-order valence-corrected chi connectivity index (χ1v) is 13.7. The van der Waals surface area contributed by atoms with Gasteiger partial charge in [-0.25, -0.2) is 0 Å². The number of thiophene rings is 1. The lowest BCUT2D eigenvalue weighted by molar-refractivity contribution is 0.0169. The number of sulfonamides is 1. The standard InChI is InChI=1S/C23H28N4O4S2/c28-23(24-16-19(20-5-4-14-32-20)26-10-12-31-13-11-26)17-7-8-18-21(15-17)33(29,30)25-22-6-2-1-3-9-27(18)22/h4-5,7-8,14-15,19H,1-3,6,9-13,16H2,(H,24,28). The summed E-state index contributed by atoms with van der Waals surface area (Å²) in [5.74, 6) is 0.329. The summed E-state index contributed by atoms with van der Waals surface area (Å²) in [6.45, 7) is 4.17. The van der Waals surface area contributed by atoms with Crippen molar-refractivity contribution in [1.82, 2.24) is 10.2 Å². The molecule has 8 nitrogen and oxygen atoms in total. The van der Waals surface area contributed by atoms with Crippen molar-refractivity contribution in [2.24, 2.45) is 4.40 Å². The molecule has 2 aromatic rings. The van der Waals surface area contributed by atoms with E-state index in [-0.39, 0.29) is 16.8 Å². The Morgan fingerprint density at radius 1 is 1.15 bits per heavy atom. The highest BCUT2D eigenvalue weighted by molar-refractivity contribution is 7.90. The molecule has 0 spiro atoms. The van der Waals surface area contributed by atoms with E-state index in [1.165, 1.54) is 10.9 Å². The van der Waals surface area contributed by atoms with Crippen LogP contribution in [0.5, 0.6) is 0 Å². The van der Waals surface area contributed by atoms with Gasteiger partial charge in [0.05, 0.1) is 24.9 Å². The molecule has 176 valence electrons. The third-order valence-corrected chi connectivity index (χ3v) is 8.73. The number of morpholine rings is 1. The molecule has 0 radical (unpaired) electrons. The molecule has 0 aliphatic carbocycles. The summed E-state index contributed by atoms with van der Waals surface area (Å²) in [6.07, 6.45) is 3.65. The van der Waals surface area contributed by atoms with Crippen LogP contribution in [0.1, 0.15) is 47.0 Å². The number of amidine groups is 1. The number of hydrogen-bond donors (Lipinski definition) is 1. The average molecular weight is 489 g/mol. The van der Waals surface area contributed by atoms with Crippen LogP contribution in [0.4, 0.5) is 5.69 Å². The monoisotopic (exact) mass is 488 g/mol. The van der Waals surface area contributed by atoms with Crippen molar-refractivity contribution < 1.29 is 17.9 Å². The number of benzene rings is 1. The number of nitrogens with zero attached hydrogens (tertiary/aromatic N) is 3. The van der Waals surface area contributed by atoms with E-state index in [0.717, 1.165) is 38.9 Å². The molecule has 3 aliphatic rings. The topological polar surface area (TPSA) is 91.3 Å². The zero-order valence-corrected chi connectivity index (χ0v) is 20.0. The number of amides is 1. The smallest absolute Gasteiger partial charge is 0.286 e. The molecule has 4 heterocycles. The number of nitrogens with one attached hydrogen (secondary N) is 1. The van der Waals surface area contributed by atoms with Crippen molar-refractivity contribution in [2.75, 3.05) is 44.3 Å². The first-order chi connectivity index (χ1) is 16.0. The minimum absolute atomic E-state index is 0.0588. The lowest BCUT2D eigenvalue weighted by Gasteiger charge is -2.34. The Kier molecular flexibility index (Phi) is 6.51. The van der Waals surface area contributed by atoms with Crippen LogP contribution in [0.15, 0.2) is 45.0 Å². The van der Waals surface area contributed by atoms with Crippen LogP contribution < -0.4 is 10.2 Å². The van der Waals surface area contributed by atoms with E-state index in [1.807, 2.05) is 16.3 Å². The van der Waals surface area contributed by atoms with Crippen LogP contribution in [0.2, 0.25) is 0 Å². The SMILES string of the molecule is O=C(NCC(c1cccs1)N1CCOCC1)c1ccc2c(c1)S(=O)(=O)N=C1CCCCCN12. The number of rotatable bonds is 5. The zero-order valence-electron chi connectivity index (χ0n) is 18.4. The van der Waals surface area contributed by atoms with Gasteiger partial charge in [-0.1, -0.05) is 12.5 Å². The predicted octanol–water partition coefficient (Wildman–Crippen LogP) is 3.03. The van der Waals surface area contributed by atoms with E-state index in [1.54, 1.807) is 23.5 Å². The van der Waals surface area contributed by atoms with E-state index in [2.05, 4.69) is 20.7 Å². The fourth-order valence-electron chi connectivity index (χ4n) is 4.69. The van der Waals surface area contributed by atoms with E-state index in [4.69, 9.17) is 4.74 Å². The maximum Gasteiger partial charge on any atom is 0.286 e. The predicted molar refractivity (Wildman–Crippen MR) is 129 cm³/mol. The Bertz CT molecular complexity index is 1140. The van der Waals surface area contributed by atoms with Crippen LogP contribution in [-0.4, -0.2) is 64.5 Å². The number of hydrogen-bond acceptors (Lipinski definition) is 7. The quantitative estimate of drug-likeness (QED) is 0.696. The van der Waals surface area contributed by atoms with Gasteiger partial charge in [-0.3, -0.25) is 9.69 Å². The lowest BCUT2D eigenvalue weighted by Crippen LogP contribution is -2.43.